The van der Waals surface area contributed by atoms with Crippen molar-refractivity contribution in [2.24, 2.45) is 5.41 Å². The first kappa shape index (κ1) is 20.0. The molecule has 0 radical (unpaired) electrons. The third-order valence-corrected chi connectivity index (χ3v) is 5.89. The van der Waals surface area contributed by atoms with Crippen molar-refractivity contribution in [1.29, 1.82) is 0 Å². The van der Waals surface area contributed by atoms with Gasteiger partial charge in [-0.25, -0.2) is 4.79 Å². The van der Waals surface area contributed by atoms with Crippen molar-refractivity contribution < 1.29 is 19.4 Å². The molecule has 2 aliphatic heterocycles. The van der Waals surface area contributed by atoms with E-state index in [-0.39, 0.29) is 23.1 Å². The molecule has 2 aliphatic rings. The fourth-order valence-electron chi connectivity index (χ4n) is 3.92. The molecule has 1 atom stereocenters. The summed E-state index contributed by atoms with van der Waals surface area (Å²) in [6.45, 7) is 7.96. The summed E-state index contributed by atoms with van der Waals surface area (Å²) in [5, 5.41) is 14.3. The molecule has 0 aliphatic carbocycles. The summed E-state index contributed by atoms with van der Waals surface area (Å²) in [6.07, 6.45) is 2.93. The lowest BCUT2D eigenvalue weighted by Gasteiger charge is -2.38. The Morgan fingerprint density at radius 1 is 1.34 bits per heavy atom. The van der Waals surface area contributed by atoms with Gasteiger partial charge in [0.15, 0.2) is 5.43 Å². The van der Waals surface area contributed by atoms with Gasteiger partial charge >= 0.3 is 5.97 Å². The van der Waals surface area contributed by atoms with Gasteiger partial charge in [-0.15, -0.1) is 5.10 Å². The third-order valence-electron chi connectivity index (χ3n) is 5.55. The second kappa shape index (κ2) is 7.18. The molecule has 9 heteroatoms. The van der Waals surface area contributed by atoms with E-state index in [1.165, 1.54) is 12.3 Å². The van der Waals surface area contributed by atoms with E-state index in [1.54, 1.807) is 4.68 Å². The first-order valence-corrected chi connectivity index (χ1v) is 10.0. The molecule has 0 bridgehead atoms. The average molecular weight is 422 g/mol. The van der Waals surface area contributed by atoms with E-state index >= 15 is 0 Å². The number of rotatable bonds is 3. The molecule has 2 aromatic rings. The van der Waals surface area contributed by atoms with Crippen LogP contribution in [-0.2, 0) is 11.3 Å². The van der Waals surface area contributed by atoms with Gasteiger partial charge in [0.25, 0.3) is 5.88 Å². The zero-order valence-corrected chi connectivity index (χ0v) is 17.4. The van der Waals surface area contributed by atoms with Crippen molar-refractivity contribution in [3.05, 3.63) is 33.1 Å². The lowest BCUT2D eigenvalue weighted by atomic mass is 9.85. The molecule has 0 amide bonds. The molecule has 4 rings (SSSR count). The van der Waals surface area contributed by atoms with Crippen molar-refractivity contribution >= 4 is 17.6 Å². The van der Waals surface area contributed by atoms with Gasteiger partial charge in [0.05, 0.1) is 31.5 Å². The Balaban J connectivity index is 1.84. The lowest BCUT2D eigenvalue weighted by molar-refractivity contribution is 0.0234. The number of carboxylic acids is 1. The summed E-state index contributed by atoms with van der Waals surface area (Å²) >= 11 is 6.63. The van der Waals surface area contributed by atoms with E-state index in [0.29, 0.717) is 42.0 Å². The van der Waals surface area contributed by atoms with E-state index in [2.05, 4.69) is 25.9 Å². The number of ether oxygens (including phenoxy) is 2. The number of carboxylic acid groups (broad SMARTS) is 1. The lowest BCUT2D eigenvalue weighted by Crippen LogP contribution is -2.35. The molecule has 4 heterocycles. The first-order chi connectivity index (χ1) is 13.7. The van der Waals surface area contributed by atoms with Crippen LogP contribution in [0.1, 0.15) is 50.0 Å². The molecular weight excluding hydrogens is 398 g/mol. The van der Waals surface area contributed by atoms with Crippen molar-refractivity contribution in [1.82, 2.24) is 14.3 Å². The van der Waals surface area contributed by atoms with Crippen molar-refractivity contribution in [2.75, 3.05) is 13.2 Å². The highest BCUT2D eigenvalue weighted by atomic mass is 35.5. The molecule has 1 saturated heterocycles. The van der Waals surface area contributed by atoms with Crippen LogP contribution in [-0.4, -0.2) is 44.7 Å². The normalized spacial score (nSPS) is 19.5. The van der Waals surface area contributed by atoms with Gasteiger partial charge in [-0.3, -0.25) is 9.48 Å². The Morgan fingerprint density at radius 3 is 2.66 bits per heavy atom. The number of hydrogen-bond donors (Lipinski definition) is 1. The zero-order chi connectivity index (χ0) is 20.9. The van der Waals surface area contributed by atoms with Crippen LogP contribution in [0.25, 0.3) is 11.4 Å². The van der Waals surface area contributed by atoms with Crippen LogP contribution in [0, 0.1) is 5.41 Å². The molecule has 0 unspecified atom stereocenters. The summed E-state index contributed by atoms with van der Waals surface area (Å²) in [4.78, 5) is 23.9. The number of carbonyl (C=O) groups is 1. The molecule has 2 aromatic heterocycles. The maximum atomic E-state index is 12.4. The predicted molar refractivity (Wildman–Crippen MR) is 107 cm³/mol. The Morgan fingerprint density at radius 2 is 2.03 bits per heavy atom. The van der Waals surface area contributed by atoms with E-state index in [1.807, 2.05) is 4.57 Å². The number of fused-ring (bicyclic) bond motifs is 3. The van der Waals surface area contributed by atoms with Gasteiger partial charge in [-0.2, -0.15) is 0 Å². The number of aromatic nitrogens is 3. The van der Waals surface area contributed by atoms with Crippen LogP contribution in [0.4, 0.5) is 0 Å². The SMILES string of the molecule is CC(C)(C)[C@@H]1Cn2nc(OC3CCOCC3)c(Cl)c2-c2cc(=O)c(C(=O)O)cn21. The van der Waals surface area contributed by atoms with Crippen LogP contribution in [0.3, 0.4) is 0 Å². The maximum absolute atomic E-state index is 12.4. The highest BCUT2D eigenvalue weighted by Gasteiger charge is 2.37. The van der Waals surface area contributed by atoms with Gasteiger partial charge in [-0.05, 0) is 5.41 Å². The van der Waals surface area contributed by atoms with Gasteiger partial charge < -0.3 is 19.1 Å². The molecule has 156 valence electrons. The summed E-state index contributed by atoms with van der Waals surface area (Å²) in [5.74, 6) is -0.906. The maximum Gasteiger partial charge on any atom is 0.341 e. The molecule has 1 fully saturated rings. The van der Waals surface area contributed by atoms with Crippen LogP contribution in [0.2, 0.25) is 5.02 Å². The van der Waals surface area contributed by atoms with Gasteiger partial charge in [-0.1, -0.05) is 32.4 Å². The second-order valence-corrected chi connectivity index (χ2v) is 8.99. The quantitative estimate of drug-likeness (QED) is 0.817. The van der Waals surface area contributed by atoms with Crippen LogP contribution >= 0.6 is 11.6 Å². The Hall–Kier alpha value is -2.32. The molecule has 0 saturated carbocycles. The molecule has 29 heavy (non-hydrogen) atoms. The van der Waals surface area contributed by atoms with E-state index in [0.717, 1.165) is 12.8 Å². The number of halogens is 1. The molecule has 1 N–H and O–H groups in total. The summed E-state index contributed by atoms with van der Waals surface area (Å²) in [5.41, 5.74) is 0.0887. The summed E-state index contributed by atoms with van der Waals surface area (Å²) in [6, 6.07) is 1.22. The topological polar surface area (TPSA) is 95.6 Å². The van der Waals surface area contributed by atoms with Gasteiger partial charge in [0.2, 0.25) is 0 Å². The first-order valence-electron chi connectivity index (χ1n) is 9.67. The Kier molecular flexibility index (Phi) is 4.94. The Labute approximate surface area is 173 Å². The average Bonchev–Trinajstić information content (AvgIpc) is 2.96. The minimum atomic E-state index is -1.24. The highest BCUT2D eigenvalue weighted by Crippen LogP contribution is 2.44. The van der Waals surface area contributed by atoms with E-state index in [9.17, 15) is 14.7 Å². The van der Waals surface area contributed by atoms with Crippen LogP contribution in [0.15, 0.2) is 17.1 Å². The number of hydrogen-bond acceptors (Lipinski definition) is 5. The van der Waals surface area contributed by atoms with E-state index < -0.39 is 11.4 Å². The summed E-state index contributed by atoms with van der Waals surface area (Å²) in [7, 11) is 0. The van der Waals surface area contributed by atoms with Gasteiger partial charge in [0.1, 0.15) is 22.4 Å². The number of aromatic carboxylic acids is 1. The summed E-state index contributed by atoms with van der Waals surface area (Å²) < 4.78 is 15.0. The highest BCUT2D eigenvalue weighted by molar-refractivity contribution is 6.34. The van der Waals surface area contributed by atoms with Crippen LogP contribution < -0.4 is 10.2 Å². The fraction of sp³-hybridized carbons (Fsp3) is 0.550. The van der Waals surface area contributed by atoms with Crippen LogP contribution in [0.5, 0.6) is 5.88 Å². The number of pyridine rings is 1. The van der Waals surface area contributed by atoms with E-state index in [4.69, 9.17) is 21.1 Å². The third kappa shape index (κ3) is 3.55. The van der Waals surface area contributed by atoms with Crippen molar-refractivity contribution in [3.63, 3.8) is 0 Å². The molecule has 0 spiro atoms. The fourth-order valence-corrected chi connectivity index (χ4v) is 4.20. The Bertz CT molecular complexity index is 1010. The van der Waals surface area contributed by atoms with Gasteiger partial charge in [0, 0.05) is 25.1 Å². The largest absolute Gasteiger partial charge is 0.477 e. The standard InChI is InChI=1S/C20H24ClN3O5/c1-20(2,3)15-10-24-17(13-8-14(25)12(19(26)27)9-23(13)15)16(21)18(22-24)29-11-4-6-28-7-5-11/h8-9,11,15H,4-7,10H2,1-3H3,(H,26,27)/t15-/m0/s1. The monoisotopic (exact) mass is 421 g/mol. The minimum absolute atomic E-state index is 0.0202. The van der Waals surface area contributed by atoms with Crippen molar-refractivity contribution in [3.8, 4) is 17.3 Å². The molecule has 0 aromatic carbocycles. The van der Waals surface area contributed by atoms with Crippen molar-refractivity contribution in [2.45, 2.75) is 52.3 Å². The minimum Gasteiger partial charge on any atom is -0.477 e. The zero-order valence-electron chi connectivity index (χ0n) is 16.6. The molecule has 8 nitrogen and oxygen atoms in total. The second-order valence-electron chi connectivity index (χ2n) is 8.61. The number of nitrogens with zero attached hydrogens (tertiary/aromatic N) is 3. The molecular formula is C20H24ClN3O5. The smallest absolute Gasteiger partial charge is 0.341 e. The predicted octanol–water partition coefficient (Wildman–Crippen LogP) is 3.22.